The first-order valence-electron chi connectivity index (χ1n) is 18.1. The van der Waals surface area contributed by atoms with Gasteiger partial charge in [0.05, 0.1) is 0 Å². The Morgan fingerprint density at radius 2 is 0.907 bits per heavy atom. The van der Waals surface area contributed by atoms with E-state index in [-0.39, 0.29) is 18.5 Å². The van der Waals surface area contributed by atoms with Crippen molar-refractivity contribution in [2.75, 3.05) is 0 Å². The van der Waals surface area contributed by atoms with Crippen LogP contribution in [0.3, 0.4) is 0 Å². The Morgan fingerprint density at radius 3 is 1.44 bits per heavy atom. The van der Waals surface area contributed by atoms with Crippen molar-refractivity contribution in [2.24, 2.45) is 0 Å². The van der Waals surface area contributed by atoms with Crippen molar-refractivity contribution >= 4 is 11.9 Å². The maximum Gasteiger partial charge on any atom is 0.306 e. The molecule has 248 valence electrons. The molecule has 0 aromatic heterocycles. The second-order valence-corrected chi connectivity index (χ2v) is 12.1. The van der Waals surface area contributed by atoms with Crippen LogP contribution in [0, 0.1) is 0 Å². The molecular weight excluding hydrogens is 532 g/mol. The average Bonchev–Trinajstić information content (AvgIpc) is 2.99. The molecule has 1 unspecified atom stereocenters. The highest BCUT2D eigenvalue weighted by Gasteiger charge is 2.14. The van der Waals surface area contributed by atoms with Gasteiger partial charge >= 0.3 is 11.9 Å². The average molecular weight is 601 g/mol. The van der Waals surface area contributed by atoms with Gasteiger partial charge in [0.2, 0.25) is 0 Å². The van der Waals surface area contributed by atoms with Crippen molar-refractivity contribution in [1.29, 1.82) is 0 Å². The van der Waals surface area contributed by atoms with E-state index in [9.17, 15) is 9.59 Å². The van der Waals surface area contributed by atoms with Gasteiger partial charge in [-0.05, 0) is 83.5 Å². The van der Waals surface area contributed by atoms with Crippen LogP contribution in [0.4, 0.5) is 0 Å². The summed E-state index contributed by atoms with van der Waals surface area (Å²) in [5.74, 6) is -0.794. The number of unbranched alkanes of at least 4 members (excludes halogenated alkanes) is 15. The van der Waals surface area contributed by atoms with Crippen LogP contribution in [0.1, 0.15) is 181 Å². The number of carbonyl (C=O) groups is 2. The minimum atomic E-state index is -0.732. The Bertz CT molecular complexity index is 734. The standard InChI is InChI=1S/C39H68O4/c1-3-5-7-9-11-13-14-15-16-17-18-19-20-21-22-23-25-27-32-36-39(42)43-37(34-30-28-31-35-38(40)41)33-29-26-24-12-10-8-6-4-2/h11,13,15-16,18-19,21-22,37H,3-10,12,14,17,20,23-36H2,1-2H3,(H,40,41)/b13-11-,16-15-,19-18-,22-21-. The highest BCUT2D eigenvalue weighted by molar-refractivity contribution is 5.69. The number of hydrogen-bond acceptors (Lipinski definition) is 3. The lowest BCUT2D eigenvalue weighted by atomic mass is 10.0. The maximum atomic E-state index is 12.5. The fourth-order valence-corrected chi connectivity index (χ4v) is 5.11. The van der Waals surface area contributed by atoms with Gasteiger partial charge in [0, 0.05) is 12.8 Å². The monoisotopic (exact) mass is 601 g/mol. The summed E-state index contributed by atoms with van der Waals surface area (Å²) in [5.41, 5.74) is 0. The van der Waals surface area contributed by atoms with Gasteiger partial charge in [-0.1, -0.05) is 133 Å². The first-order chi connectivity index (χ1) is 21.1. The van der Waals surface area contributed by atoms with Gasteiger partial charge in [-0.3, -0.25) is 9.59 Å². The predicted molar refractivity (Wildman–Crippen MR) is 185 cm³/mol. The van der Waals surface area contributed by atoms with E-state index in [0.717, 1.165) is 77.0 Å². The molecule has 0 bridgehead atoms. The smallest absolute Gasteiger partial charge is 0.306 e. The van der Waals surface area contributed by atoms with Crippen LogP contribution in [0.2, 0.25) is 0 Å². The summed E-state index contributed by atoms with van der Waals surface area (Å²) < 4.78 is 5.89. The number of carboxylic acid groups (broad SMARTS) is 1. The zero-order chi connectivity index (χ0) is 31.5. The third kappa shape index (κ3) is 34.3. The van der Waals surface area contributed by atoms with Crippen molar-refractivity contribution in [2.45, 2.75) is 187 Å². The summed E-state index contributed by atoms with van der Waals surface area (Å²) in [6, 6.07) is 0. The van der Waals surface area contributed by atoms with Crippen molar-refractivity contribution in [3.8, 4) is 0 Å². The predicted octanol–water partition coefficient (Wildman–Crippen LogP) is 12.4. The molecule has 0 heterocycles. The lowest BCUT2D eigenvalue weighted by Crippen LogP contribution is -2.18. The van der Waals surface area contributed by atoms with Crippen LogP contribution in [0.5, 0.6) is 0 Å². The second kappa shape index (κ2) is 34.4. The molecule has 0 aliphatic carbocycles. The lowest BCUT2D eigenvalue weighted by molar-refractivity contribution is -0.150. The van der Waals surface area contributed by atoms with Crippen LogP contribution in [-0.2, 0) is 14.3 Å². The summed E-state index contributed by atoms with van der Waals surface area (Å²) in [5, 5.41) is 8.85. The Balaban J connectivity index is 3.98. The van der Waals surface area contributed by atoms with Gasteiger partial charge < -0.3 is 9.84 Å². The summed E-state index contributed by atoms with van der Waals surface area (Å²) >= 11 is 0. The highest BCUT2D eigenvalue weighted by Crippen LogP contribution is 2.18. The molecule has 0 aromatic rings. The van der Waals surface area contributed by atoms with Gasteiger partial charge in [0.25, 0.3) is 0 Å². The van der Waals surface area contributed by atoms with E-state index in [1.807, 2.05) is 0 Å². The molecular formula is C39H68O4. The van der Waals surface area contributed by atoms with E-state index in [1.165, 1.54) is 70.6 Å². The number of allylic oxidation sites excluding steroid dienone is 8. The minimum Gasteiger partial charge on any atom is -0.481 e. The molecule has 4 nitrogen and oxygen atoms in total. The molecule has 1 atom stereocenters. The third-order valence-corrected chi connectivity index (χ3v) is 7.80. The van der Waals surface area contributed by atoms with Crippen LogP contribution in [-0.4, -0.2) is 23.1 Å². The van der Waals surface area contributed by atoms with E-state index in [0.29, 0.717) is 12.8 Å². The van der Waals surface area contributed by atoms with Crippen LogP contribution in [0.25, 0.3) is 0 Å². The number of carbonyl (C=O) groups excluding carboxylic acids is 1. The molecule has 0 aromatic carbocycles. The Hall–Kier alpha value is -2.10. The van der Waals surface area contributed by atoms with Gasteiger partial charge in [-0.25, -0.2) is 0 Å². The zero-order valence-electron chi connectivity index (χ0n) is 28.3. The Morgan fingerprint density at radius 1 is 0.512 bits per heavy atom. The van der Waals surface area contributed by atoms with Gasteiger partial charge in [-0.2, -0.15) is 0 Å². The number of rotatable bonds is 32. The number of hydrogen-bond donors (Lipinski definition) is 1. The topological polar surface area (TPSA) is 63.6 Å². The third-order valence-electron chi connectivity index (χ3n) is 7.80. The fraction of sp³-hybridized carbons (Fsp3) is 0.744. The normalized spacial score (nSPS) is 12.8. The highest BCUT2D eigenvalue weighted by atomic mass is 16.5. The Kier molecular flexibility index (Phi) is 32.7. The van der Waals surface area contributed by atoms with Crippen LogP contribution in [0.15, 0.2) is 48.6 Å². The summed E-state index contributed by atoms with van der Waals surface area (Å²) in [6.07, 6.45) is 45.5. The largest absolute Gasteiger partial charge is 0.481 e. The molecule has 0 rings (SSSR count). The molecule has 0 aliphatic rings. The van der Waals surface area contributed by atoms with Crippen molar-refractivity contribution in [3.63, 3.8) is 0 Å². The van der Waals surface area contributed by atoms with E-state index < -0.39 is 5.97 Å². The number of esters is 1. The first kappa shape index (κ1) is 40.9. The molecule has 0 radical (unpaired) electrons. The zero-order valence-corrected chi connectivity index (χ0v) is 28.3. The molecule has 0 amide bonds. The maximum absolute atomic E-state index is 12.5. The van der Waals surface area contributed by atoms with E-state index >= 15 is 0 Å². The number of ether oxygens (including phenoxy) is 1. The van der Waals surface area contributed by atoms with Crippen molar-refractivity contribution in [1.82, 2.24) is 0 Å². The molecule has 0 aliphatic heterocycles. The van der Waals surface area contributed by atoms with Crippen LogP contribution >= 0.6 is 0 Å². The molecule has 0 spiro atoms. The van der Waals surface area contributed by atoms with Gasteiger partial charge in [0.1, 0.15) is 6.10 Å². The molecule has 0 saturated heterocycles. The molecule has 43 heavy (non-hydrogen) atoms. The summed E-state index contributed by atoms with van der Waals surface area (Å²) in [7, 11) is 0. The van der Waals surface area contributed by atoms with Gasteiger partial charge in [-0.15, -0.1) is 0 Å². The Labute approximate surface area is 266 Å². The quantitative estimate of drug-likeness (QED) is 0.0474. The lowest BCUT2D eigenvalue weighted by Gasteiger charge is -2.18. The summed E-state index contributed by atoms with van der Waals surface area (Å²) in [4.78, 5) is 23.3. The van der Waals surface area contributed by atoms with E-state index in [2.05, 4.69) is 62.5 Å². The van der Waals surface area contributed by atoms with Gasteiger partial charge in [0.15, 0.2) is 0 Å². The molecule has 0 fully saturated rings. The first-order valence-corrected chi connectivity index (χ1v) is 18.1. The van der Waals surface area contributed by atoms with Crippen molar-refractivity contribution < 1.29 is 19.4 Å². The molecule has 0 saturated carbocycles. The van der Waals surface area contributed by atoms with E-state index in [4.69, 9.17) is 9.84 Å². The minimum absolute atomic E-state index is 0.0129. The van der Waals surface area contributed by atoms with Crippen LogP contribution < -0.4 is 0 Å². The molecule has 1 N–H and O–H groups in total. The molecule has 4 heteroatoms. The second-order valence-electron chi connectivity index (χ2n) is 12.1. The SMILES string of the molecule is CCCCC/C=C\C/C=C\C/C=C\C/C=C\CCCCCC(=O)OC(CCCCCCCCCC)CCCCCC(=O)O. The fourth-order valence-electron chi connectivity index (χ4n) is 5.11. The van der Waals surface area contributed by atoms with Crippen molar-refractivity contribution in [3.05, 3.63) is 48.6 Å². The number of carboxylic acids is 1. The number of aliphatic carboxylic acids is 1. The summed E-state index contributed by atoms with van der Waals surface area (Å²) in [6.45, 7) is 4.49. The van der Waals surface area contributed by atoms with E-state index in [1.54, 1.807) is 0 Å².